The van der Waals surface area contributed by atoms with Crippen molar-refractivity contribution in [2.24, 2.45) is 0 Å². The van der Waals surface area contributed by atoms with Crippen LogP contribution in [0.3, 0.4) is 0 Å². The molecule has 2 heterocycles. The molecule has 0 aliphatic rings. The van der Waals surface area contributed by atoms with Crippen molar-refractivity contribution in [3.63, 3.8) is 0 Å². The van der Waals surface area contributed by atoms with Gasteiger partial charge in [-0.15, -0.1) is 16.4 Å². The Morgan fingerprint density at radius 3 is 2.81 bits per heavy atom. The number of hydrogen-bond acceptors (Lipinski definition) is 6. The van der Waals surface area contributed by atoms with Gasteiger partial charge in [0.05, 0.1) is 26.5 Å². The summed E-state index contributed by atoms with van der Waals surface area (Å²) in [5, 5.41) is 15.1. The first kappa shape index (κ1) is 16.3. The highest BCUT2D eigenvalue weighted by molar-refractivity contribution is 7.18. The van der Waals surface area contributed by atoms with E-state index in [0.717, 1.165) is 15.2 Å². The maximum absolute atomic E-state index is 12.7. The van der Waals surface area contributed by atoms with Crippen molar-refractivity contribution in [1.82, 2.24) is 30.5 Å². The van der Waals surface area contributed by atoms with Crippen LogP contribution in [-0.2, 0) is 0 Å². The molecule has 0 spiro atoms. The normalized spacial score (nSPS) is 12.2. The molecule has 1 atom stereocenters. The van der Waals surface area contributed by atoms with Gasteiger partial charge in [-0.1, -0.05) is 31.2 Å². The van der Waals surface area contributed by atoms with E-state index in [4.69, 9.17) is 0 Å². The highest BCUT2D eigenvalue weighted by Gasteiger charge is 2.16. The first-order valence-electron chi connectivity index (χ1n) is 8.18. The number of benzene rings is 2. The topological polar surface area (TPSA) is 85.6 Å². The van der Waals surface area contributed by atoms with Crippen molar-refractivity contribution in [3.05, 3.63) is 65.4 Å². The van der Waals surface area contributed by atoms with E-state index in [2.05, 4.69) is 38.8 Å². The van der Waals surface area contributed by atoms with Gasteiger partial charge in [-0.2, -0.15) is 4.68 Å². The van der Waals surface area contributed by atoms with E-state index in [1.165, 1.54) is 11.0 Å². The van der Waals surface area contributed by atoms with Crippen molar-refractivity contribution in [2.75, 3.05) is 6.54 Å². The lowest BCUT2D eigenvalue weighted by atomic mass is 10.1. The molecule has 0 bridgehead atoms. The Labute approximate surface area is 153 Å². The predicted molar refractivity (Wildman–Crippen MR) is 99.5 cm³/mol. The number of aromatic nitrogens is 5. The fraction of sp³-hybridized carbons (Fsp3) is 0.167. The highest BCUT2D eigenvalue weighted by Crippen LogP contribution is 2.27. The summed E-state index contributed by atoms with van der Waals surface area (Å²) < 4.78 is 2.64. The van der Waals surface area contributed by atoms with Crippen LogP contribution in [0.1, 0.15) is 28.2 Å². The number of tetrazole rings is 1. The lowest BCUT2D eigenvalue weighted by molar-refractivity contribution is 0.0951. The summed E-state index contributed by atoms with van der Waals surface area (Å²) in [7, 11) is 0. The van der Waals surface area contributed by atoms with Crippen LogP contribution in [0.5, 0.6) is 0 Å². The van der Waals surface area contributed by atoms with Crippen LogP contribution >= 0.6 is 11.3 Å². The standard InChI is InChI=1S/C18H16N6OS/c1-12(18-21-14-7-3-5-9-16(14)26-18)10-19-17(25)13-6-2-4-8-15(13)24-11-20-22-23-24/h2-9,11-12H,10H2,1H3,(H,19,25). The minimum Gasteiger partial charge on any atom is -0.351 e. The number of para-hydroxylation sites is 2. The molecule has 0 aliphatic heterocycles. The Kier molecular flexibility index (Phi) is 4.40. The van der Waals surface area contributed by atoms with E-state index in [1.807, 2.05) is 36.4 Å². The number of fused-ring (bicyclic) bond motifs is 1. The minimum absolute atomic E-state index is 0.122. The second-order valence-corrected chi connectivity index (χ2v) is 6.96. The van der Waals surface area contributed by atoms with E-state index >= 15 is 0 Å². The van der Waals surface area contributed by atoms with E-state index < -0.39 is 0 Å². The van der Waals surface area contributed by atoms with Gasteiger partial charge in [0.1, 0.15) is 6.33 Å². The van der Waals surface area contributed by atoms with E-state index in [0.29, 0.717) is 17.8 Å². The molecular weight excluding hydrogens is 348 g/mol. The minimum atomic E-state index is -0.163. The SMILES string of the molecule is CC(CNC(=O)c1ccccc1-n1cnnn1)c1nc2ccccc2s1. The van der Waals surface area contributed by atoms with Gasteiger partial charge in [0, 0.05) is 12.5 Å². The molecule has 0 aliphatic carbocycles. The number of carbonyl (C=O) groups excluding carboxylic acids is 1. The molecule has 0 saturated carbocycles. The van der Waals surface area contributed by atoms with Gasteiger partial charge in [-0.25, -0.2) is 4.98 Å². The summed E-state index contributed by atoms with van der Waals surface area (Å²) in [4.78, 5) is 17.3. The van der Waals surface area contributed by atoms with Gasteiger partial charge < -0.3 is 5.32 Å². The zero-order valence-corrected chi connectivity index (χ0v) is 14.8. The molecule has 0 fully saturated rings. The number of carbonyl (C=O) groups is 1. The van der Waals surface area contributed by atoms with Crippen LogP contribution in [0.25, 0.3) is 15.9 Å². The summed E-state index contributed by atoms with van der Waals surface area (Å²) in [5.41, 5.74) is 2.16. The fourth-order valence-electron chi connectivity index (χ4n) is 2.67. The van der Waals surface area contributed by atoms with Crippen molar-refractivity contribution < 1.29 is 4.79 Å². The molecule has 7 nitrogen and oxygen atoms in total. The van der Waals surface area contributed by atoms with Crippen LogP contribution in [-0.4, -0.2) is 37.6 Å². The first-order chi connectivity index (χ1) is 12.7. The number of nitrogens with one attached hydrogen (secondary N) is 1. The molecule has 26 heavy (non-hydrogen) atoms. The molecule has 2 aromatic heterocycles. The lowest BCUT2D eigenvalue weighted by Crippen LogP contribution is -2.28. The highest BCUT2D eigenvalue weighted by atomic mass is 32.1. The molecule has 1 unspecified atom stereocenters. The molecule has 2 aromatic carbocycles. The van der Waals surface area contributed by atoms with Crippen molar-refractivity contribution in [1.29, 1.82) is 0 Å². The quantitative estimate of drug-likeness (QED) is 0.588. The summed E-state index contributed by atoms with van der Waals surface area (Å²) >= 11 is 1.66. The summed E-state index contributed by atoms with van der Waals surface area (Å²) in [6.45, 7) is 2.56. The number of thiazole rings is 1. The zero-order valence-electron chi connectivity index (χ0n) is 14.0. The average Bonchev–Trinajstić information content (AvgIpc) is 3.35. The van der Waals surface area contributed by atoms with E-state index in [-0.39, 0.29) is 11.8 Å². The number of amides is 1. The maximum atomic E-state index is 12.7. The Bertz CT molecular complexity index is 1010. The van der Waals surface area contributed by atoms with Crippen LogP contribution in [0.4, 0.5) is 0 Å². The van der Waals surface area contributed by atoms with Gasteiger partial charge in [-0.05, 0) is 34.7 Å². The third kappa shape index (κ3) is 3.18. The van der Waals surface area contributed by atoms with Gasteiger partial charge in [-0.3, -0.25) is 4.79 Å². The van der Waals surface area contributed by atoms with E-state index in [1.54, 1.807) is 17.4 Å². The maximum Gasteiger partial charge on any atom is 0.253 e. The Morgan fingerprint density at radius 1 is 1.19 bits per heavy atom. The van der Waals surface area contributed by atoms with E-state index in [9.17, 15) is 4.79 Å². The van der Waals surface area contributed by atoms with Crippen LogP contribution in [0.15, 0.2) is 54.9 Å². The molecule has 4 rings (SSSR count). The van der Waals surface area contributed by atoms with Crippen LogP contribution in [0.2, 0.25) is 0 Å². The smallest absolute Gasteiger partial charge is 0.253 e. The first-order valence-corrected chi connectivity index (χ1v) is 9.00. The number of nitrogens with zero attached hydrogens (tertiary/aromatic N) is 5. The fourth-order valence-corrected chi connectivity index (χ4v) is 3.68. The lowest BCUT2D eigenvalue weighted by Gasteiger charge is -2.12. The van der Waals surface area contributed by atoms with Gasteiger partial charge >= 0.3 is 0 Å². The van der Waals surface area contributed by atoms with Gasteiger partial charge in [0.15, 0.2) is 0 Å². The molecule has 8 heteroatoms. The molecular formula is C18H16N6OS. The third-order valence-electron chi connectivity index (χ3n) is 4.05. The summed E-state index contributed by atoms with van der Waals surface area (Å²) in [6.07, 6.45) is 1.47. The van der Waals surface area contributed by atoms with Crippen molar-refractivity contribution in [3.8, 4) is 5.69 Å². The number of rotatable bonds is 5. The summed E-state index contributed by atoms with van der Waals surface area (Å²) in [6, 6.07) is 15.3. The molecule has 0 radical (unpaired) electrons. The Morgan fingerprint density at radius 2 is 2.00 bits per heavy atom. The monoisotopic (exact) mass is 364 g/mol. The second kappa shape index (κ2) is 7.01. The largest absolute Gasteiger partial charge is 0.351 e. The van der Waals surface area contributed by atoms with Crippen LogP contribution < -0.4 is 5.32 Å². The zero-order chi connectivity index (χ0) is 17.9. The second-order valence-electron chi connectivity index (χ2n) is 5.90. The van der Waals surface area contributed by atoms with Crippen molar-refractivity contribution >= 4 is 27.5 Å². The summed E-state index contributed by atoms with van der Waals surface area (Å²) in [5.74, 6) is -0.0411. The van der Waals surface area contributed by atoms with Crippen LogP contribution in [0, 0.1) is 0 Å². The molecule has 1 N–H and O–H groups in total. The van der Waals surface area contributed by atoms with Gasteiger partial charge in [0.2, 0.25) is 0 Å². The molecule has 130 valence electrons. The van der Waals surface area contributed by atoms with Gasteiger partial charge in [0.25, 0.3) is 5.91 Å². The Hall–Kier alpha value is -3.13. The Balaban J connectivity index is 1.49. The molecule has 0 saturated heterocycles. The molecule has 1 amide bonds. The predicted octanol–water partition coefficient (Wildman–Crippen LogP) is 2.81. The average molecular weight is 364 g/mol. The third-order valence-corrected chi connectivity index (χ3v) is 5.31. The molecule has 4 aromatic rings. The number of hydrogen-bond donors (Lipinski definition) is 1. The van der Waals surface area contributed by atoms with Crippen molar-refractivity contribution in [2.45, 2.75) is 12.8 Å².